The molecular formula is C28H52N2O5. The van der Waals surface area contributed by atoms with E-state index >= 15 is 0 Å². The Kier molecular flexibility index (Phi) is 22.5. The van der Waals surface area contributed by atoms with E-state index in [-0.39, 0.29) is 24.2 Å². The summed E-state index contributed by atoms with van der Waals surface area (Å²) < 4.78 is 0. The second-order valence-electron chi connectivity index (χ2n) is 10.0. The van der Waals surface area contributed by atoms with Crippen molar-refractivity contribution in [2.24, 2.45) is 5.92 Å². The van der Waals surface area contributed by atoms with Crippen molar-refractivity contribution in [1.29, 1.82) is 0 Å². The standard InChI is InChI=1S/C28H52N2O5/c1-25(24-31)23-27(33)30(2)22-21-29-26(32)19-17-15-13-11-9-7-5-3-4-6-8-10-12-14-16-18-20-28(34)35/h24-25H,3-23H2,1-2H3,(H,29,32)(H,34,35). The molecule has 1 unspecified atom stereocenters. The molecule has 204 valence electrons. The van der Waals surface area contributed by atoms with E-state index in [1.165, 1.54) is 77.0 Å². The highest BCUT2D eigenvalue weighted by Crippen LogP contribution is 2.14. The van der Waals surface area contributed by atoms with Crippen LogP contribution >= 0.6 is 0 Å². The molecule has 2 N–H and O–H groups in total. The lowest BCUT2D eigenvalue weighted by Crippen LogP contribution is -2.36. The number of aliphatic carboxylic acids is 1. The number of carbonyl (C=O) groups excluding carboxylic acids is 3. The molecule has 0 aromatic carbocycles. The number of carboxylic acids is 1. The number of nitrogens with zero attached hydrogens (tertiary/aromatic N) is 1. The summed E-state index contributed by atoms with van der Waals surface area (Å²) in [5.74, 6) is -0.973. The van der Waals surface area contributed by atoms with Crippen molar-refractivity contribution in [3.63, 3.8) is 0 Å². The third-order valence-electron chi connectivity index (χ3n) is 6.47. The van der Waals surface area contributed by atoms with Crippen LogP contribution in [0.1, 0.15) is 129 Å². The van der Waals surface area contributed by atoms with Gasteiger partial charge in [0.15, 0.2) is 0 Å². The molecule has 0 aliphatic carbocycles. The highest BCUT2D eigenvalue weighted by Gasteiger charge is 2.12. The number of nitrogens with one attached hydrogen (secondary N) is 1. The normalized spacial score (nSPS) is 11.7. The van der Waals surface area contributed by atoms with Crippen molar-refractivity contribution in [2.75, 3.05) is 20.1 Å². The predicted molar refractivity (Wildman–Crippen MR) is 141 cm³/mol. The van der Waals surface area contributed by atoms with Gasteiger partial charge in [0.2, 0.25) is 11.8 Å². The number of carboxylic acid groups (broad SMARTS) is 1. The molecule has 0 saturated carbocycles. The number of likely N-dealkylation sites (N-methyl/N-ethyl adjacent to an activating group) is 1. The molecule has 1 atom stereocenters. The molecule has 0 fully saturated rings. The highest BCUT2D eigenvalue weighted by atomic mass is 16.4. The summed E-state index contributed by atoms with van der Waals surface area (Å²) in [7, 11) is 1.70. The minimum Gasteiger partial charge on any atom is -0.481 e. The number of carbonyl (C=O) groups is 4. The molecule has 0 aromatic heterocycles. The second-order valence-corrected chi connectivity index (χ2v) is 10.0. The Balaban J connectivity index is 3.33. The van der Waals surface area contributed by atoms with E-state index in [0.29, 0.717) is 25.9 Å². The lowest BCUT2D eigenvalue weighted by molar-refractivity contribution is -0.137. The molecule has 35 heavy (non-hydrogen) atoms. The van der Waals surface area contributed by atoms with Crippen molar-refractivity contribution >= 4 is 24.1 Å². The molecule has 0 saturated heterocycles. The minimum atomic E-state index is -0.680. The van der Waals surface area contributed by atoms with Crippen molar-refractivity contribution in [3.05, 3.63) is 0 Å². The first-order valence-electron chi connectivity index (χ1n) is 14.0. The van der Waals surface area contributed by atoms with Crippen LogP contribution in [0.3, 0.4) is 0 Å². The van der Waals surface area contributed by atoms with E-state index < -0.39 is 5.97 Å². The molecule has 0 aliphatic rings. The summed E-state index contributed by atoms with van der Waals surface area (Å²) in [5, 5.41) is 11.5. The average molecular weight is 497 g/mol. The predicted octanol–water partition coefficient (Wildman–Crippen LogP) is 5.89. The van der Waals surface area contributed by atoms with E-state index in [1.54, 1.807) is 18.9 Å². The summed E-state index contributed by atoms with van der Waals surface area (Å²) in [6, 6.07) is 0. The summed E-state index contributed by atoms with van der Waals surface area (Å²) in [6.45, 7) is 2.64. The Morgan fingerprint density at radius 3 is 1.54 bits per heavy atom. The van der Waals surface area contributed by atoms with Gasteiger partial charge in [0, 0.05) is 45.3 Å². The third-order valence-corrected chi connectivity index (χ3v) is 6.47. The molecule has 0 aliphatic heterocycles. The summed E-state index contributed by atoms with van der Waals surface area (Å²) in [4.78, 5) is 46.5. The van der Waals surface area contributed by atoms with Crippen LogP contribution in [0.25, 0.3) is 0 Å². The SMILES string of the molecule is CC(C=O)CC(=O)N(C)CCNC(=O)CCCCCCCCCCCCCCCCCCC(=O)O. The van der Waals surface area contributed by atoms with Gasteiger partial charge in [-0.25, -0.2) is 0 Å². The first kappa shape index (κ1) is 33.1. The second kappa shape index (κ2) is 23.8. The van der Waals surface area contributed by atoms with Crippen LogP contribution in [0.5, 0.6) is 0 Å². The van der Waals surface area contributed by atoms with Gasteiger partial charge < -0.3 is 20.1 Å². The Morgan fingerprint density at radius 2 is 1.14 bits per heavy atom. The molecule has 7 heteroatoms. The third kappa shape index (κ3) is 23.6. The van der Waals surface area contributed by atoms with Gasteiger partial charge >= 0.3 is 5.97 Å². The van der Waals surface area contributed by atoms with Crippen LogP contribution in [-0.2, 0) is 19.2 Å². The Bertz CT molecular complexity index is 568. The molecular weight excluding hydrogens is 444 g/mol. The van der Waals surface area contributed by atoms with E-state index in [2.05, 4.69) is 5.32 Å². The fourth-order valence-electron chi connectivity index (χ4n) is 4.09. The van der Waals surface area contributed by atoms with E-state index in [9.17, 15) is 19.2 Å². The Hall–Kier alpha value is -1.92. The van der Waals surface area contributed by atoms with Crippen molar-refractivity contribution in [2.45, 2.75) is 129 Å². The van der Waals surface area contributed by atoms with E-state index in [0.717, 1.165) is 32.0 Å². The van der Waals surface area contributed by atoms with E-state index in [4.69, 9.17) is 5.11 Å². The van der Waals surface area contributed by atoms with Crippen LogP contribution in [0, 0.1) is 5.92 Å². The molecule has 0 heterocycles. The van der Waals surface area contributed by atoms with Crippen molar-refractivity contribution in [1.82, 2.24) is 10.2 Å². The maximum absolute atomic E-state index is 11.9. The number of amides is 2. The van der Waals surface area contributed by atoms with Gasteiger partial charge in [0.1, 0.15) is 6.29 Å². The van der Waals surface area contributed by atoms with Gasteiger partial charge in [0.05, 0.1) is 0 Å². The lowest BCUT2D eigenvalue weighted by atomic mass is 10.0. The molecule has 7 nitrogen and oxygen atoms in total. The number of aldehydes is 1. The van der Waals surface area contributed by atoms with Gasteiger partial charge in [-0.1, -0.05) is 96.8 Å². The van der Waals surface area contributed by atoms with Crippen LogP contribution in [0.15, 0.2) is 0 Å². The molecule has 0 bridgehead atoms. The zero-order valence-corrected chi connectivity index (χ0v) is 22.5. The minimum absolute atomic E-state index is 0.0466. The maximum atomic E-state index is 11.9. The monoisotopic (exact) mass is 496 g/mol. The molecule has 0 spiro atoms. The molecule has 0 radical (unpaired) electrons. The fourth-order valence-corrected chi connectivity index (χ4v) is 4.09. The number of rotatable bonds is 25. The number of unbranched alkanes of at least 4 members (excludes halogenated alkanes) is 15. The van der Waals surface area contributed by atoms with E-state index in [1.807, 2.05) is 0 Å². The maximum Gasteiger partial charge on any atom is 0.303 e. The van der Waals surface area contributed by atoms with Gasteiger partial charge in [0.25, 0.3) is 0 Å². The zero-order chi connectivity index (χ0) is 26.2. The first-order valence-corrected chi connectivity index (χ1v) is 14.0. The topological polar surface area (TPSA) is 104 Å². The van der Waals surface area contributed by atoms with Gasteiger partial charge in [-0.05, 0) is 12.8 Å². The fraction of sp³-hybridized carbons (Fsp3) is 0.857. The molecule has 0 aromatic rings. The zero-order valence-electron chi connectivity index (χ0n) is 22.5. The van der Waals surface area contributed by atoms with Gasteiger partial charge in [-0.2, -0.15) is 0 Å². The Labute approximate surface area is 213 Å². The van der Waals surface area contributed by atoms with Crippen LogP contribution in [0.4, 0.5) is 0 Å². The number of hydrogen-bond acceptors (Lipinski definition) is 4. The van der Waals surface area contributed by atoms with Crippen LogP contribution in [0.2, 0.25) is 0 Å². The quantitative estimate of drug-likeness (QED) is 0.121. The lowest BCUT2D eigenvalue weighted by Gasteiger charge is -2.18. The highest BCUT2D eigenvalue weighted by molar-refractivity contribution is 5.79. The summed E-state index contributed by atoms with van der Waals surface area (Å²) >= 11 is 0. The van der Waals surface area contributed by atoms with Crippen LogP contribution < -0.4 is 5.32 Å². The molecule has 2 amide bonds. The first-order chi connectivity index (χ1) is 16.9. The van der Waals surface area contributed by atoms with Gasteiger partial charge in [-0.3, -0.25) is 14.4 Å². The molecule has 0 rings (SSSR count). The van der Waals surface area contributed by atoms with Crippen molar-refractivity contribution < 1.29 is 24.3 Å². The average Bonchev–Trinajstić information content (AvgIpc) is 2.82. The number of hydrogen-bond donors (Lipinski definition) is 2. The van der Waals surface area contributed by atoms with Crippen molar-refractivity contribution in [3.8, 4) is 0 Å². The summed E-state index contributed by atoms with van der Waals surface area (Å²) in [6.07, 6.45) is 21.0. The largest absolute Gasteiger partial charge is 0.481 e. The van der Waals surface area contributed by atoms with Crippen LogP contribution in [-0.4, -0.2) is 54.2 Å². The van der Waals surface area contributed by atoms with Gasteiger partial charge in [-0.15, -0.1) is 0 Å². The smallest absolute Gasteiger partial charge is 0.303 e. The summed E-state index contributed by atoms with van der Waals surface area (Å²) in [5.41, 5.74) is 0. The Morgan fingerprint density at radius 1 is 0.743 bits per heavy atom.